The van der Waals surface area contributed by atoms with E-state index in [1.165, 1.54) is 10.6 Å². The maximum absolute atomic E-state index is 14.3. The van der Waals surface area contributed by atoms with Crippen LogP contribution in [0.15, 0.2) is 44.7 Å². The van der Waals surface area contributed by atoms with Crippen molar-refractivity contribution in [1.29, 1.82) is 0 Å². The summed E-state index contributed by atoms with van der Waals surface area (Å²) < 4.78 is 63.7. The monoisotopic (exact) mass is 618 g/mol. The fraction of sp³-hybridized carbons (Fsp3) is 0.480. The summed E-state index contributed by atoms with van der Waals surface area (Å²) in [6.45, 7) is 8.32. The lowest BCUT2D eigenvalue weighted by Gasteiger charge is -2.20. The molecule has 0 amide bonds. The van der Waals surface area contributed by atoms with Gasteiger partial charge in [0.1, 0.15) is 18.1 Å². The minimum absolute atomic E-state index is 0.0206. The second kappa shape index (κ2) is 12.1. The Morgan fingerprint density at radius 3 is 2.55 bits per heavy atom. The van der Waals surface area contributed by atoms with Gasteiger partial charge in [0.2, 0.25) is 0 Å². The van der Waals surface area contributed by atoms with E-state index >= 15 is 0 Å². The van der Waals surface area contributed by atoms with Crippen LogP contribution in [0.5, 0.6) is 0 Å². The normalized spacial score (nSPS) is 13.2. The van der Waals surface area contributed by atoms with Gasteiger partial charge in [-0.2, -0.15) is 18.3 Å². The minimum atomic E-state index is -4.89. The van der Waals surface area contributed by atoms with Crippen LogP contribution in [0.3, 0.4) is 0 Å². The van der Waals surface area contributed by atoms with Crippen LogP contribution in [0.4, 0.5) is 23.2 Å². The molecule has 0 aliphatic carbocycles. The molecule has 38 heavy (non-hydrogen) atoms. The van der Waals surface area contributed by atoms with Crippen LogP contribution in [0, 0.1) is 5.82 Å². The summed E-state index contributed by atoms with van der Waals surface area (Å²) in [5.41, 5.74) is -3.50. The number of alkyl halides is 3. The fourth-order valence-electron chi connectivity index (χ4n) is 3.91. The SMILES string of the molecule is CC(CCCn1ccc2cc(Br)cc(F)c2c1=O)Nc1cnn(COCC[Si](C)(C)C)c(=O)c1C(F)(F)F. The Balaban J connectivity index is 1.67. The molecule has 0 spiro atoms. The Labute approximate surface area is 226 Å². The Kier molecular flexibility index (Phi) is 9.58. The highest BCUT2D eigenvalue weighted by Crippen LogP contribution is 2.32. The van der Waals surface area contributed by atoms with E-state index in [0.29, 0.717) is 34.0 Å². The van der Waals surface area contributed by atoms with Crippen LogP contribution in [-0.4, -0.2) is 35.1 Å². The van der Waals surface area contributed by atoms with Crippen molar-refractivity contribution in [1.82, 2.24) is 14.3 Å². The number of fused-ring (bicyclic) bond motifs is 1. The molecule has 0 aliphatic heterocycles. The van der Waals surface area contributed by atoms with Crippen molar-refractivity contribution in [2.45, 2.75) is 70.9 Å². The lowest BCUT2D eigenvalue weighted by molar-refractivity contribution is -0.138. The van der Waals surface area contributed by atoms with Gasteiger partial charge in [0.05, 0.1) is 17.3 Å². The van der Waals surface area contributed by atoms with E-state index in [-0.39, 0.29) is 18.7 Å². The third kappa shape index (κ3) is 7.76. The number of nitrogens with one attached hydrogen (secondary N) is 1. The Morgan fingerprint density at radius 1 is 1.18 bits per heavy atom. The van der Waals surface area contributed by atoms with Crippen LogP contribution >= 0.6 is 15.9 Å². The van der Waals surface area contributed by atoms with Gasteiger partial charge in [0.25, 0.3) is 11.1 Å². The maximum Gasteiger partial charge on any atom is 0.423 e. The number of hydrogen-bond acceptors (Lipinski definition) is 5. The molecule has 1 unspecified atom stereocenters. The smallest absolute Gasteiger partial charge is 0.381 e. The Morgan fingerprint density at radius 2 is 1.89 bits per heavy atom. The van der Waals surface area contributed by atoms with Crippen LogP contribution in [0.1, 0.15) is 25.3 Å². The molecule has 1 N–H and O–H groups in total. The quantitative estimate of drug-likeness (QED) is 0.160. The first-order valence-electron chi connectivity index (χ1n) is 12.2. The average Bonchev–Trinajstić information content (AvgIpc) is 2.77. The van der Waals surface area contributed by atoms with E-state index in [1.54, 1.807) is 25.3 Å². The van der Waals surface area contributed by atoms with E-state index < -0.39 is 48.5 Å². The molecule has 208 valence electrons. The van der Waals surface area contributed by atoms with E-state index in [1.807, 2.05) is 0 Å². The number of ether oxygens (including phenoxy) is 1. The summed E-state index contributed by atoms with van der Waals surface area (Å²) in [5.74, 6) is -0.632. The Hall–Kier alpha value is -2.51. The predicted octanol–water partition coefficient (Wildman–Crippen LogP) is 6.07. The molecule has 0 fully saturated rings. The van der Waals surface area contributed by atoms with Crippen molar-refractivity contribution in [3.8, 4) is 0 Å². The molecule has 3 rings (SSSR count). The first kappa shape index (κ1) is 30.0. The molecule has 2 heterocycles. The van der Waals surface area contributed by atoms with Gasteiger partial charge < -0.3 is 14.6 Å². The number of pyridine rings is 1. The molecule has 0 saturated heterocycles. The van der Waals surface area contributed by atoms with Gasteiger partial charge in [0, 0.05) is 37.9 Å². The highest BCUT2D eigenvalue weighted by molar-refractivity contribution is 9.10. The minimum Gasteiger partial charge on any atom is -0.381 e. The van der Waals surface area contributed by atoms with Gasteiger partial charge in [-0.1, -0.05) is 35.6 Å². The van der Waals surface area contributed by atoms with Crippen molar-refractivity contribution >= 4 is 40.5 Å². The number of aromatic nitrogens is 3. The zero-order valence-corrected chi connectivity index (χ0v) is 24.2. The molecule has 0 bridgehead atoms. The molecule has 1 aromatic carbocycles. The van der Waals surface area contributed by atoms with Crippen molar-refractivity contribution in [2.75, 3.05) is 11.9 Å². The molecule has 0 saturated carbocycles. The molecule has 2 aromatic heterocycles. The average molecular weight is 620 g/mol. The van der Waals surface area contributed by atoms with Crippen LogP contribution in [-0.2, 0) is 24.2 Å². The van der Waals surface area contributed by atoms with Crippen molar-refractivity contribution in [2.24, 2.45) is 0 Å². The van der Waals surface area contributed by atoms with Gasteiger partial charge in [-0.25, -0.2) is 9.07 Å². The van der Waals surface area contributed by atoms with Gasteiger partial charge in [-0.3, -0.25) is 9.59 Å². The summed E-state index contributed by atoms with van der Waals surface area (Å²) in [5, 5.41) is 7.05. The van der Waals surface area contributed by atoms with Gasteiger partial charge in [-0.05, 0) is 49.4 Å². The predicted molar refractivity (Wildman–Crippen MR) is 146 cm³/mol. The summed E-state index contributed by atoms with van der Waals surface area (Å²) in [4.78, 5) is 25.3. The van der Waals surface area contributed by atoms with Crippen molar-refractivity contribution in [3.05, 3.63) is 67.2 Å². The van der Waals surface area contributed by atoms with E-state index in [4.69, 9.17) is 4.74 Å². The second-order valence-electron chi connectivity index (χ2n) is 10.4. The van der Waals surface area contributed by atoms with Gasteiger partial charge in [-0.15, -0.1) is 0 Å². The fourth-order valence-corrected chi connectivity index (χ4v) is 5.11. The second-order valence-corrected chi connectivity index (χ2v) is 17.0. The highest BCUT2D eigenvalue weighted by atomic mass is 79.9. The maximum atomic E-state index is 14.3. The molecular formula is C25H31BrF4N4O3Si. The zero-order valence-electron chi connectivity index (χ0n) is 21.7. The van der Waals surface area contributed by atoms with Crippen LogP contribution in [0.25, 0.3) is 10.8 Å². The summed E-state index contributed by atoms with van der Waals surface area (Å²) in [6.07, 6.45) is -1.54. The number of halogens is 5. The number of aryl methyl sites for hydroxylation is 1. The number of benzene rings is 1. The highest BCUT2D eigenvalue weighted by Gasteiger charge is 2.38. The molecule has 0 radical (unpaired) electrons. The largest absolute Gasteiger partial charge is 0.423 e. The summed E-state index contributed by atoms with van der Waals surface area (Å²) in [7, 11) is -1.39. The standard InChI is InChI=1S/C25H31BrF4N4O3Si/c1-16(6-5-8-33-9-7-17-12-18(26)13-19(27)21(17)23(33)35)32-20-14-31-34(15-37-10-11-38(2,3)4)24(36)22(20)25(28,29)30/h7,9,12-14,16,32H,5-6,8,10-11,15H2,1-4H3. The molecule has 1 atom stereocenters. The number of hydrogen-bond donors (Lipinski definition) is 1. The van der Waals surface area contributed by atoms with Crippen molar-refractivity contribution in [3.63, 3.8) is 0 Å². The van der Waals surface area contributed by atoms with E-state index in [9.17, 15) is 27.2 Å². The molecule has 7 nitrogen and oxygen atoms in total. The summed E-state index contributed by atoms with van der Waals surface area (Å²) in [6, 6.07) is 4.85. The lowest BCUT2D eigenvalue weighted by Crippen LogP contribution is -2.34. The molecule has 0 aliphatic rings. The van der Waals surface area contributed by atoms with Gasteiger partial charge >= 0.3 is 6.18 Å². The molecular weight excluding hydrogens is 588 g/mol. The zero-order chi connectivity index (χ0) is 28.3. The third-order valence-electron chi connectivity index (χ3n) is 5.97. The van der Waals surface area contributed by atoms with Crippen LogP contribution in [0.2, 0.25) is 25.7 Å². The van der Waals surface area contributed by atoms with E-state index in [2.05, 4.69) is 46.0 Å². The Bertz CT molecular complexity index is 1400. The molecule has 3 aromatic rings. The van der Waals surface area contributed by atoms with E-state index in [0.717, 1.165) is 12.2 Å². The topological polar surface area (TPSA) is 78.2 Å². The van der Waals surface area contributed by atoms with Gasteiger partial charge in [0.15, 0.2) is 0 Å². The first-order valence-corrected chi connectivity index (χ1v) is 16.7. The number of rotatable bonds is 11. The lowest BCUT2D eigenvalue weighted by atomic mass is 10.1. The summed E-state index contributed by atoms with van der Waals surface area (Å²) >= 11 is 3.20. The first-order chi connectivity index (χ1) is 17.7. The third-order valence-corrected chi connectivity index (χ3v) is 8.13. The van der Waals surface area contributed by atoms with Crippen molar-refractivity contribution < 1.29 is 22.3 Å². The number of anilines is 1. The molecule has 13 heteroatoms. The number of nitrogens with zero attached hydrogens (tertiary/aromatic N) is 3. The van der Waals surface area contributed by atoms with Crippen LogP contribution < -0.4 is 16.4 Å².